The first-order valence-electron chi connectivity index (χ1n) is 7.30. The molecule has 0 aliphatic heterocycles. The van der Waals surface area contributed by atoms with Crippen LogP contribution in [0.4, 0.5) is 0 Å². The number of hydrogen-bond donors (Lipinski definition) is 3. The fraction of sp³-hybridized carbons (Fsp3) is 0. The summed E-state index contributed by atoms with van der Waals surface area (Å²) in [4.78, 5) is 0. The largest absolute Gasteiger partial charge is 0.508 e. The number of hydrogen-bond acceptors (Lipinski definition) is 5. The maximum Gasteiger partial charge on any atom is 0.145 e. The van der Waals surface area contributed by atoms with Gasteiger partial charge in [0.25, 0.3) is 0 Å². The van der Waals surface area contributed by atoms with Gasteiger partial charge in [-0.3, -0.25) is 0 Å². The van der Waals surface area contributed by atoms with Gasteiger partial charge in [-0.1, -0.05) is 47.7 Å². The van der Waals surface area contributed by atoms with Crippen molar-refractivity contribution in [3.05, 3.63) is 60.7 Å². The molecule has 3 aromatic carbocycles. The Morgan fingerprint density at radius 2 is 1.71 bits per heavy atom. The maximum absolute atomic E-state index is 10.0. The Kier molecular flexibility index (Phi) is 3.39. The number of benzene rings is 3. The number of nitrogens with zero attached hydrogens (tertiary/aromatic N) is 3. The summed E-state index contributed by atoms with van der Waals surface area (Å²) in [6, 6.07) is 18.3. The smallest absolute Gasteiger partial charge is 0.145 e. The third-order valence-electron chi connectivity index (χ3n) is 3.88. The van der Waals surface area contributed by atoms with Crippen LogP contribution in [0.1, 0.15) is 0 Å². The maximum atomic E-state index is 10.0. The van der Waals surface area contributed by atoms with Crippen molar-refractivity contribution < 1.29 is 10.2 Å². The molecule has 24 heavy (non-hydrogen) atoms. The van der Waals surface area contributed by atoms with Crippen molar-refractivity contribution in [2.75, 3.05) is 0 Å². The van der Waals surface area contributed by atoms with Crippen LogP contribution >= 0.6 is 12.6 Å². The van der Waals surface area contributed by atoms with Crippen molar-refractivity contribution in [1.29, 1.82) is 0 Å². The highest BCUT2D eigenvalue weighted by molar-refractivity contribution is 7.80. The molecule has 118 valence electrons. The summed E-state index contributed by atoms with van der Waals surface area (Å²) in [5.41, 5.74) is 1.95. The average molecular weight is 335 g/mol. The molecule has 6 heteroatoms. The van der Waals surface area contributed by atoms with Gasteiger partial charge < -0.3 is 10.2 Å². The molecule has 0 unspecified atom stereocenters. The number of thiol groups is 1. The van der Waals surface area contributed by atoms with Crippen LogP contribution in [-0.2, 0) is 0 Å². The quantitative estimate of drug-likeness (QED) is 0.488. The molecule has 0 bridgehead atoms. The highest BCUT2D eigenvalue weighted by Gasteiger charge is 2.17. The van der Waals surface area contributed by atoms with Gasteiger partial charge in [0, 0.05) is 11.6 Å². The molecule has 0 aliphatic carbocycles. The molecule has 5 nitrogen and oxygen atoms in total. The highest BCUT2D eigenvalue weighted by atomic mass is 32.1. The summed E-state index contributed by atoms with van der Waals surface area (Å²) >= 11 is 4.55. The van der Waals surface area contributed by atoms with Gasteiger partial charge in [-0.15, -0.1) is 17.7 Å². The van der Waals surface area contributed by atoms with E-state index >= 15 is 0 Å². The minimum atomic E-state index is -0.0975. The van der Waals surface area contributed by atoms with E-state index in [-0.39, 0.29) is 11.5 Å². The number of fused-ring (bicyclic) bond motifs is 1. The summed E-state index contributed by atoms with van der Waals surface area (Å²) in [5, 5.41) is 30.5. The van der Waals surface area contributed by atoms with Crippen LogP contribution in [0.15, 0.2) is 65.7 Å². The minimum absolute atomic E-state index is 0.0219. The van der Waals surface area contributed by atoms with Crippen molar-refractivity contribution in [3.8, 4) is 28.4 Å². The van der Waals surface area contributed by atoms with E-state index in [0.717, 1.165) is 16.3 Å². The molecule has 0 saturated heterocycles. The number of phenolic OH excluding ortho intramolecular Hbond substituents is 2. The van der Waals surface area contributed by atoms with E-state index in [1.807, 2.05) is 42.5 Å². The van der Waals surface area contributed by atoms with Crippen LogP contribution in [0.5, 0.6) is 11.5 Å². The Labute approximate surface area is 143 Å². The van der Waals surface area contributed by atoms with Crippen LogP contribution in [0, 0.1) is 0 Å². The first-order chi connectivity index (χ1) is 11.6. The van der Waals surface area contributed by atoms with E-state index < -0.39 is 0 Å². The van der Waals surface area contributed by atoms with Gasteiger partial charge in [-0.2, -0.15) is 0 Å². The van der Waals surface area contributed by atoms with Gasteiger partial charge in [0.1, 0.15) is 27.9 Å². The summed E-state index contributed by atoms with van der Waals surface area (Å²) in [6.07, 6.45) is 0. The predicted octanol–water partition coefficient (Wildman–Crippen LogP) is 3.79. The topological polar surface area (TPSA) is 71.2 Å². The lowest BCUT2D eigenvalue weighted by atomic mass is 10.0. The number of phenols is 2. The zero-order valence-corrected chi connectivity index (χ0v) is 13.4. The lowest BCUT2D eigenvalue weighted by molar-refractivity contribution is 0.446. The van der Waals surface area contributed by atoms with Crippen molar-refractivity contribution >= 4 is 23.4 Å². The predicted molar refractivity (Wildman–Crippen MR) is 94.9 cm³/mol. The summed E-state index contributed by atoms with van der Waals surface area (Å²) in [7, 11) is 0. The van der Waals surface area contributed by atoms with E-state index in [0.29, 0.717) is 16.4 Å². The van der Waals surface area contributed by atoms with Crippen molar-refractivity contribution in [2.24, 2.45) is 0 Å². The SMILES string of the molecule is Oc1ccc(-n2nnc(-c3cccc4ccccc34)c2S)c(O)c1. The Balaban J connectivity index is 1.91. The lowest BCUT2D eigenvalue weighted by Crippen LogP contribution is -1.97. The molecule has 0 spiro atoms. The second-order valence-electron chi connectivity index (χ2n) is 5.37. The Morgan fingerprint density at radius 3 is 2.54 bits per heavy atom. The zero-order valence-electron chi connectivity index (χ0n) is 12.5. The van der Waals surface area contributed by atoms with Crippen LogP contribution in [0.3, 0.4) is 0 Å². The first kappa shape index (κ1) is 14.6. The molecule has 0 saturated carbocycles. The Morgan fingerprint density at radius 1 is 0.917 bits per heavy atom. The van der Waals surface area contributed by atoms with Gasteiger partial charge in [0.2, 0.25) is 0 Å². The Hall–Kier alpha value is -2.99. The standard InChI is InChI=1S/C18H13N3O2S/c22-12-8-9-15(16(23)10-12)21-18(24)17(19-20-21)14-7-3-5-11-4-1-2-6-13(11)14/h1-10,22-24H. The Bertz CT molecular complexity index is 1050. The van der Waals surface area contributed by atoms with E-state index in [2.05, 4.69) is 22.9 Å². The van der Waals surface area contributed by atoms with Gasteiger partial charge in [0.15, 0.2) is 0 Å². The molecule has 4 rings (SSSR count). The molecular formula is C18H13N3O2S. The third-order valence-corrected chi connectivity index (χ3v) is 4.28. The van der Waals surface area contributed by atoms with E-state index in [1.54, 1.807) is 6.07 Å². The second kappa shape index (κ2) is 5.58. The van der Waals surface area contributed by atoms with Crippen molar-refractivity contribution in [2.45, 2.75) is 5.03 Å². The zero-order chi connectivity index (χ0) is 16.7. The molecule has 0 aliphatic rings. The minimum Gasteiger partial charge on any atom is -0.508 e. The molecule has 4 aromatic rings. The van der Waals surface area contributed by atoms with E-state index in [1.165, 1.54) is 16.8 Å². The number of rotatable bonds is 2. The van der Waals surface area contributed by atoms with Crippen molar-refractivity contribution in [3.63, 3.8) is 0 Å². The molecule has 2 N–H and O–H groups in total. The second-order valence-corrected chi connectivity index (χ2v) is 5.80. The molecule has 1 aromatic heterocycles. The normalized spacial score (nSPS) is 11.0. The van der Waals surface area contributed by atoms with Crippen LogP contribution in [0.25, 0.3) is 27.7 Å². The van der Waals surface area contributed by atoms with Gasteiger partial charge in [-0.25, -0.2) is 4.68 Å². The average Bonchev–Trinajstić information content (AvgIpc) is 2.96. The number of aromatic nitrogens is 3. The van der Waals surface area contributed by atoms with Crippen LogP contribution in [-0.4, -0.2) is 25.2 Å². The van der Waals surface area contributed by atoms with Gasteiger partial charge >= 0.3 is 0 Å². The van der Waals surface area contributed by atoms with E-state index in [4.69, 9.17) is 0 Å². The third kappa shape index (κ3) is 2.28. The molecule has 0 fully saturated rings. The summed E-state index contributed by atoms with van der Waals surface area (Å²) < 4.78 is 1.44. The van der Waals surface area contributed by atoms with Gasteiger partial charge in [0.05, 0.1) is 0 Å². The monoisotopic (exact) mass is 335 g/mol. The lowest BCUT2D eigenvalue weighted by Gasteiger charge is -2.07. The first-order valence-corrected chi connectivity index (χ1v) is 7.75. The summed E-state index contributed by atoms with van der Waals surface area (Å²) in [6.45, 7) is 0. The molecule has 1 heterocycles. The van der Waals surface area contributed by atoms with Gasteiger partial charge in [-0.05, 0) is 22.9 Å². The van der Waals surface area contributed by atoms with Crippen LogP contribution < -0.4 is 0 Å². The summed E-state index contributed by atoms with van der Waals surface area (Å²) in [5.74, 6) is -0.119. The highest BCUT2D eigenvalue weighted by Crippen LogP contribution is 2.34. The molecular weight excluding hydrogens is 322 g/mol. The molecule has 0 radical (unpaired) electrons. The molecule has 0 amide bonds. The van der Waals surface area contributed by atoms with E-state index in [9.17, 15) is 10.2 Å². The number of aromatic hydroxyl groups is 2. The van der Waals surface area contributed by atoms with Crippen molar-refractivity contribution in [1.82, 2.24) is 15.0 Å². The molecule has 0 atom stereocenters. The fourth-order valence-corrected chi connectivity index (χ4v) is 3.05. The fourth-order valence-electron chi connectivity index (χ4n) is 2.74. The van der Waals surface area contributed by atoms with Crippen LogP contribution in [0.2, 0.25) is 0 Å².